The molecule has 1 aliphatic heterocycles. The molecule has 72 valence electrons. The predicted molar refractivity (Wildman–Crippen MR) is 51.1 cm³/mol. The van der Waals surface area contributed by atoms with E-state index in [0.717, 1.165) is 0 Å². The SMILES string of the molecule is CCC1(CC)CN([C@H](C)CO)C1. The summed E-state index contributed by atoms with van der Waals surface area (Å²) in [6, 6.07) is 0.358. The average molecular weight is 171 g/mol. The Bertz CT molecular complexity index is 135. The maximum absolute atomic E-state index is 8.94. The second-order valence-electron chi connectivity index (χ2n) is 4.14. The molecule has 0 aromatic heterocycles. The molecule has 0 spiro atoms. The van der Waals surface area contributed by atoms with Crippen molar-refractivity contribution in [3.63, 3.8) is 0 Å². The first kappa shape index (κ1) is 10.0. The quantitative estimate of drug-likeness (QED) is 0.692. The average Bonchev–Trinajstić information content (AvgIpc) is 2.04. The van der Waals surface area contributed by atoms with E-state index >= 15 is 0 Å². The van der Waals surface area contributed by atoms with E-state index < -0.39 is 0 Å². The van der Waals surface area contributed by atoms with Crippen LogP contribution >= 0.6 is 0 Å². The van der Waals surface area contributed by atoms with Gasteiger partial charge in [-0.05, 0) is 25.2 Å². The van der Waals surface area contributed by atoms with Gasteiger partial charge in [0.15, 0.2) is 0 Å². The van der Waals surface area contributed by atoms with E-state index in [1.54, 1.807) is 0 Å². The Balaban J connectivity index is 2.34. The van der Waals surface area contributed by atoms with Crippen molar-refractivity contribution in [2.75, 3.05) is 19.7 Å². The van der Waals surface area contributed by atoms with Gasteiger partial charge >= 0.3 is 0 Å². The van der Waals surface area contributed by atoms with Gasteiger partial charge in [-0.1, -0.05) is 13.8 Å². The third-order valence-corrected chi connectivity index (χ3v) is 3.46. The Morgan fingerprint density at radius 1 is 1.33 bits per heavy atom. The van der Waals surface area contributed by atoms with Crippen LogP contribution in [0.2, 0.25) is 0 Å². The van der Waals surface area contributed by atoms with Gasteiger partial charge in [0.25, 0.3) is 0 Å². The van der Waals surface area contributed by atoms with Gasteiger partial charge in [0.2, 0.25) is 0 Å². The molecule has 0 bridgehead atoms. The highest BCUT2D eigenvalue weighted by atomic mass is 16.3. The van der Waals surface area contributed by atoms with Crippen molar-refractivity contribution in [3.05, 3.63) is 0 Å². The van der Waals surface area contributed by atoms with Crippen LogP contribution in [-0.2, 0) is 0 Å². The molecule has 1 saturated heterocycles. The van der Waals surface area contributed by atoms with Gasteiger partial charge < -0.3 is 5.11 Å². The Hall–Kier alpha value is -0.0800. The van der Waals surface area contributed by atoms with E-state index in [1.807, 2.05) is 0 Å². The van der Waals surface area contributed by atoms with Crippen LogP contribution in [0.5, 0.6) is 0 Å². The van der Waals surface area contributed by atoms with Crippen molar-refractivity contribution < 1.29 is 5.11 Å². The zero-order valence-electron chi connectivity index (χ0n) is 8.51. The van der Waals surface area contributed by atoms with Gasteiger partial charge in [0.05, 0.1) is 6.61 Å². The molecule has 1 N–H and O–H groups in total. The number of aliphatic hydroxyl groups excluding tert-OH is 1. The lowest BCUT2D eigenvalue weighted by Crippen LogP contribution is -2.59. The smallest absolute Gasteiger partial charge is 0.0584 e. The van der Waals surface area contributed by atoms with Crippen LogP contribution < -0.4 is 0 Å². The Kier molecular flexibility index (Phi) is 3.13. The first-order valence-electron chi connectivity index (χ1n) is 5.02. The van der Waals surface area contributed by atoms with Crippen LogP contribution in [0.15, 0.2) is 0 Å². The highest BCUT2D eigenvalue weighted by Crippen LogP contribution is 2.37. The maximum atomic E-state index is 8.94. The molecular weight excluding hydrogens is 150 g/mol. The molecule has 1 rings (SSSR count). The molecule has 2 heteroatoms. The number of aliphatic hydroxyl groups is 1. The fourth-order valence-electron chi connectivity index (χ4n) is 1.94. The number of likely N-dealkylation sites (tertiary alicyclic amines) is 1. The Labute approximate surface area is 75.6 Å². The minimum Gasteiger partial charge on any atom is -0.395 e. The molecule has 1 fully saturated rings. The normalized spacial score (nSPS) is 25.0. The molecule has 0 aromatic carbocycles. The highest BCUT2D eigenvalue weighted by Gasteiger charge is 2.41. The van der Waals surface area contributed by atoms with Crippen molar-refractivity contribution >= 4 is 0 Å². The third kappa shape index (κ3) is 1.64. The number of nitrogens with zero attached hydrogens (tertiary/aromatic N) is 1. The van der Waals surface area contributed by atoms with Gasteiger partial charge in [-0.3, -0.25) is 4.90 Å². The fourth-order valence-corrected chi connectivity index (χ4v) is 1.94. The van der Waals surface area contributed by atoms with Crippen LogP contribution in [0.4, 0.5) is 0 Å². The van der Waals surface area contributed by atoms with Crippen molar-refractivity contribution in [3.8, 4) is 0 Å². The van der Waals surface area contributed by atoms with Crippen molar-refractivity contribution in [2.24, 2.45) is 5.41 Å². The van der Waals surface area contributed by atoms with E-state index in [2.05, 4.69) is 25.7 Å². The summed E-state index contributed by atoms with van der Waals surface area (Å²) in [5, 5.41) is 8.94. The zero-order chi connectivity index (χ0) is 9.19. The van der Waals surface area contributed by atoms with E-state index in [0.29, 0.717) is 18.1 Å². The monoisotopic (exact) mass is 171 g/mol. The standard InChI is InChI=1S/C10H21NO/c1-4-10(5-2)7-11(8-10)9(3)6-12/h9,12H,4-8H2,1-3H3/t9-/m1/s1. The summed E-state index contributed by atoms with van der Waals surface area (Å²) in [6.07, 6.45) is 2.55. The summed E-state index contributed by atoms with van der Waals surface area (Å²) in [5.74, 6) is 0. The minimum atomic E-state index is 0.295. The molecular formula is C10H21NO. The molecule has 0 saturated carbocycles. The van der Waals surface area contributed by atoms with Crippen molar-refractivity contribution in [1.29, 1.82) is 0 Å². The molecule has 0 aromatic rings. The lowest BCUT2D eigenvalue weighted by Gasteiger charge is -2.52. The highest BCUT2D eigenvalue weighted by molar-refractivity contribution is 4.94. The Morgan fingerprint density at radius 2 is 1.83 bits per heavy atom. The topological polar surface area (TPSA) is 23.5 Å². The van der Waals surface area contributed by atoms with Crippen LogP contribution in [0.25, 0.3) is 0 Å². The Morgan fingerprint density at radius 3 is 2.17 bits per heavy atom. The minimum absolute atomic E-state index is 0.295. The molecule has 1 atom stereocenters. The number of hydrogen-bond acceptors (Lipinski definition) is 2. The molecule has 12 heavy (non-hydrogen) atoms. The summed E-state index contributed by atoms with van der Waals surface area (Å²) in [6.45, 7) is 9.29. The fraction of sp³-hybridized carbons (Fsp3) is 1.00. The number of hydrogen-bond donors (Lipinski definition) is 1. The van der Waals surface area contributed by atoms with Crippen molar-refractivity contribution in [2.45, 2.75) is 39.7 Å². The summed E-state index contributed by atoms with van der Waals surface area (Å²) < 4.78 is 0. The summed E-state index contributed by atoms with van der Waals surface area (Å²) in [5.41, 5.74) is 0.573. The van der Waals surface area contributed by atoms with Gasteiger partial charge in [-0.2, -0.15) is 0 Å². The maximum Gasteiger partial charge on any atom is 0.0584 e. The first-order chi connectivity index (χ1) is 5.67. The summed E-state index contributed by atoms with van der Waals surface area (Å²) in [7, 11) is 0. The number of rotatable bonds is 4. The van der Waals surface area contributed by atoms with E-state index in [1.165, 1.54) is 25.9 Å². The lowest BCUT2D eigenvalue weighted by atomic mass is 9.74. The van der Waals surface area contributed by atoms with Crippen LogP contribution in [0.1, 0.15) is 33.6 Å². The summed E-state index contributed by atoms with van der Waals surface area (Å²) >= 11 is 0. The largest absolute Gasteiger partial charge is 0.395 e. The van der Waals surface area contributed by atoms with Gasteiger partial charge in [0, 0.05) is 19.1 Å². The van der Waals surface area contributed by atoms with Gasteiger partial charge in [0.1, 0.15) is 0 Å². The van der Waals surface area contributed by atoms with E-state index in [4.69, 9.17) is 5.11 Å². The zero-order valence-corrected chi connectivity index (χ0v) is 8.51. The second kappa shape index (κ2) is 3.75. The van der Waals surface area contributed by atoms with Gasteiger partial charge in [-0.25, -0.2) is 0 Å². The van der Waals surface area contributed by atoms with Crippen molar-refractivity contribution in [1.82, 2.24) is 4.90 Å². The molecule has 0 radical (unpaired) electrons. The van der Waals surface area contributed by atoms with Gasteiger partial charge in [-0.15, -0.1) is 0 Å². The third-order valence-electron chi connectivity index (χ3n) is 3.46. The summed E-state index contributed by atoms with van der Waals surface area (Å²) in [4.78, 5) is 2.37. The van der Waals surface area contributed by atoms with E-state index in [9.17, 15) is 0 Å². The van der Waals surface area contributed by atoms with E-state index in [-0.39, 0.29) is 0 Å². The first-order valence-corrected chi connectivity index (χ1v) is 5.02. The molecule has 2 nitrogen and oxygen atoms in total. The van der Waals surface area contributed by atoms with Crippen LogP contribution in [0, 0.1) is 5.41 Å². The lowest BCUT2D eigenvalue weighted by molar-refractivity contribution is -0.0451. The predicted octanol–water partition coefficient (Wildman–Crippen LogP) is 1.49. The van der Waals surface area contributed by atoms with Crippen LogP contribution in [0.3, 0.4) is 0 Å². The molecule has 0 amide bonds. The van der Waals surface area contributed by atoms with Crippen LogP contribution in [-0.4, -0.2) is 35.7 Å². The molecule has 1 aliphatic rings. The molecule has 0 unspecified atom stereocenters. The molecule has 0 aliphatic carbocycles. The molecule has 1 heterocycles. The second-order valence-corrected chi connectivity index (χ2v) is 4.14.